The fourth-order valence-electron chi connectivity index (χ4n) is 2.89. The Hall–Kier alpha value is -2.74. The van der Waals surface area contributed by atoms with Gasteiger partial charge in [0.15, 0.2) is 0 Å². The lowest BCUT2D eigenvalue weighted by molar-refractivity contribution is -0.141. The zero-order chi connectivity index (χ0) is 20.0. The van der Waals surface area contributed by atoms with E-state index in [0.717, 1.165) is 11.4 Å². The summed E-state index contributed by atoms with van der Waals surface area (Å²) in [6.45, 7) is 1.05. The fraction of sp³-hybridized carbons (Fsp3) is 0.474. The molecule has 8 heteroatoms. The van der Waals surface area contributed by atoms with Gasteiger partial charge in [0.2, 0.25) is 5.91 Å². The summed E-state index contributed by atoms with van der Waals surface area (Å²) >= 11 is 0. The highest BCUT2D eigenvalue weighted by molar-refractivity contribution is 6.22. The largest absolute Gasteiger partial charge is 0.469 e. The SMILES string of the molecule is COC(=O)CCN(CCCN(C)C)C(=O)CN1C(=O)c2ccccc2C1=O. The van der Waals surface area contributed by atoms with Crippen molar-refractivity contribution in [2.75, 3.05) is 47.4 Å². The molecular formula is C19H25N3O5. The minimum atomic E-state index is -0.467. The van der Waals surface area contributed by atoms with Crippen molar-refractivity contribution in [2.45, 2.75) is 12.8 Å². The van der Waals surface area contributed by atoms with Crippen LogP contribution in [0, 0.1) is 0 Å². The average molecular weight is 375 g/mol. The maximum absolute atomic E-state index is 12.7. The van der Waals surface area contributed by atoms with Crippen molar-refractivity contribution < 1.29 is 23.9 Å². The molecule has 1 aliphatic rings. The van der Waals surface area contributed by atoms with Crippen LogP contribution in [-0.2, 0) is 14.3 Å². The number of hydrogen-bond acceptors (Lipinski definition) is 6. The number of rotatable bonds is 9. The van der Waals surface area contributed by atoms with E-state index in [-0.39, 0.29) is 25.4 Å². The van der Waals surface area contributed by atoms with E-state index in [1.165, 1.54) is 12.0 Å². The number of nitrogens with zero attached hydrogens (tertiary/aromatic N) is 3. The van der Waals surface area contributed by atoms with Gasteiger partial charge in [0, 0.05) is 13.1 Å². The molecule has 0 saturated heterocycles. The Morgan fingerprint density at radius 1 is 1.00 bits per heavy atom. The minimum absolute atomic E-state index is 0.0618. The van der Waals surface area contributed by atoms with E-state index in [1.54, 1.807) is 24.3 Å². The topological polar surface area (TPSA) is 87.2 Å². The van der Waals surface area contributed by atoms with Gasteiger partial charge in [-0.1, -0.05) is 12.1 Å². The zero-order valence-corrected chi connectivity index (χ0v) is 15.9. The molecule has 0 fully saturated rings. The standard InChI is InChI=1S/C19H25N3O5/c1-20(2)10-6-11-21(12-9-17(24)27-3)16(23)13-22-18(25)14-7-4-5-8-15(14)19(22)26/h4-5,7-8H,6,9-13H2,1-3H3. The van der Waals surface area contributed by atoms with Gasteiger partial charge in [0.25, 0.3) is 11.8 Å². The van der Waals surface area contributed by atoms with Crippen LogP contribution in [0.25, 0.3) is 0 Å². The van der Waals surface area contributed by atoms with Crippen molar-refractivity contribution in [1.82, 2.24) is 14.7 Å². The van der Waals surface area contributed by atoms with Crippen LogP contribution < -0.4 is 0 Å². The summed E-state index contributed by atoms with van der Waals surface area (Å²) in [4.78, 5) is 53.5. The number of hydrogen-bond donors (Lipinski definition) is 0. The van der Waals surface area contributed by atoms with Crippen LogP contribution in [0.15, 0.2) is 24.3 Å². The first-order valence-corrected chi connectivity index (χ1v) is 8.79. The molecular weight excluding hydrogens is 350 g/mol. The molecule has 0 N–H and O–H groups in total. The van der Waals surface area contributed by atoms with Gasteiger partial charge in [-0.05, 0) is 39.2 Å². The maximum Gasteiger partial charge on any atom is 0.307 e. The van der Waals surface area contributed by atoms with Gasteiger partial charge in [0.1, 0.15) is 6.54 Å². The first kappa shape index (κ1) is 20.6. The average Bonchev–Trinajstić information content (AvgIpc) is 2.89. The molecule has 1 aromatic carbocycles. The maximum atomic E-state index is 12.7. The van der Waals surface area contributed by atoms with Crippen molar-refractivity contribution in [3.8, 4) is 0 Å². The van der Waals surface area contributed by atoms with Crippen molar-refractivity contribution >= 4 is 23.7 Å². The molecule has 1 aliphatic heterocycles. The molecule has 1 aromatic rings. The third-order valence-corrected chi connectivity index (χ3v) is 4.37. The van der Waals surface area contributed by atoms with Crippen LogP contribution in [0.1, 0.15) is 33.6 Å². The monoisotopic (exact) mass is 375 g/mol. The Morgan fingerprint density at radius 3 is 2.11 bits per heavy atom. The molecule has 0 saturated carbocycles. The lowest BCUT2D eigenvalue weighted by Gasteiger charge is -2.25. The molecule has 0 aliphatic carbocycles. The van der Waals surface area contributed by atoms with Gasteiger partial charge >= 0.3 is 5.97 Å². The molecule has 1 heterocycles. The van der Waals surface area contributed by atoms with Crippen molar-refractivity contribution in [3.63, 3.8) is 0 Å². The number of fused-ring (bicyclic) bond motifs is 1. The summed E-state index contributed by atoms with van der Waals surface area (Å²) in [5, 5.41) is 0. The number of carbonyl (C=O) groups excluding carboxylic acids is 4. The predicted molar refractivity (Wildman–Crippen MR) is 98.2 cm³/mol. The van der Waals surface area contributed by atoms with Crippen LogP contribution in [0.4, 0.5) is 0 Å². The first-order chi connectivity index (χ1) is 12.8. The van der Waals surface area contributed by atoms with Crippen molar-refractivity contribution in [1.29, 1.82) is 0 Å². The number of amides is 3. The van der Waals surface area contributed by atoms with Crippen LogP contribution in [0.5, 0.6) is 0 Å². The van der Waals surface area contributed by atoms with E-state index in [4.69, 9.17) is 0 Å². The highest BCUT2D eigenvalue weighted by Crippen LogP contribution is 2.22. The second-order valence-corrected chi connectivity index (χ2v) is 6.61. The number of benzene rings is 1. The molecule has 0 atom stereocenters. The summed E-state index contributed by atoms with van der Waals surface area (Å²) < 4.78 is 4.63. The van der Waals surface area contributed by atoms with Crippen LogP contribution in [-0.4, -0.2) is 85.8 Å². The number of carbonyl (C=O) groups is 4. The molecule has 3 amide bonds. The van der Waals surface area contributed by atoms with E-state index in [1.807, 2.05) is 19.0 Å². The molecule has 0 unspecified atom stereocenters. The molecule has 8 nitrogen and oxygen atoms in total. The molecule has 0 radical (unpaired) electrons. The van der Waals surface area contributed by atoms with E-state index < -0.39 is 17.8 Å². The van der Waals surface area contributed by atoms with Gasteiger partial charge in [-0.2, -0.15) is 0 Å². The molecule has 27 heavy (non-hydrogen) atoms. The van der Waals surface area contributed by atoms with E-state index in [9.17, 15) is 19.2 Å². The van der Waals surface area contributed by atoms with Gasteiger partial charge < -0.3 is 14.5 Å². The Balaban J connectivity index is 2.04. The second-order valence-electron chi connectivity index (χ2n) is 6.61. The zero-order valence-electron chi connectivity index (χ0n) is 15.9. The van der Waals surface area contributed by atoms with Crippen molar-refractivity contribution in [2.24, 2.45) is 0 Å². The van der Waals surface area contributed by atoms with Crippen LogP contribution >= 0.6 is 0 Å². The fourth-order valence-corrected chi connectivity index (χ4v) is 2.89. The number of methoxy groups -OCH3 is 1. The Kier molecular flexibility index (Phi) is 7.06. The summed E-state index contributed by atoms with van der Waals surface area (Å²) in [5.41, 5.74) is 0.619. The smallest absolute Gasteiger partial charge is 0.307 e. The lowest BCUT2D eigenvalue weighted by Crippen LogP contribution is -2.44. The second kappa shape index (κ2) is 9.27. The number of ether oxygens (including phenoxy) is 1. The highest BCUT2D eigenvalue weighted by atomic mass is 16.5. The van der Waals surface area contributed by atoms with Gasteiger partial charge in [0.05, 0.1) is 24.7 Å². The summed E-state index contributed by atoms with van der Waals surface area (Å²) in [6.07, 6.45) is 0.772. The lowest BCUT2D eigenvalue weighted by atomic mass is 10.1. The molecule has 146 valence electrons. The minimum Gasteiger partial charge on any atom is -0.469 e. The van der Waals surface area contributed by atoms with Crippen molar-refractivity contribution in [3.05, 3.63) is 35.4 Å². The number of esters is 1. The molecule has 0 bridgehead atoms. The summed E-state index contributed by atoms with van der Waals surface area (Å²) in [6, 6.07) is 6.51. The van der Waals surface area contributed by atoms with E-state index in [2.05, 4.69) is 4.74 Å². The summed E-state index contributed by atoms with van der Waals surface area (Å²) in [7, 11) is 5.15. The van der Waals surface area contributed by atoms with Gasteiger partial charge in [-0.25, -0.2) is 0 Å². The predicted octanol–water partition coefficient (Wildman–Crippen LogP) is 0.626. The van der Waals surface area contributed by atoms with E-state index >= 15 is 0 Å². The normalized spacial score (nSPS) is 13.1. The highest BCUT2D eigenvalue weighted by Gasteiger charge is 2.37. The third kappa shape index (κ3) is 5.13. The quantitative estimate of drug-likeness (QED) is 0.465. The molecule has 2 rings (SSSR count). The van der Waals surface area contributed by atoms with Gasteiger partial charge in [-0.3, -0.25) is 24.1 Å². The van der Waals surface area contributed by atoms with Crippen LogP contribution in [0.3, 0.4) is 0 Å². The number of imide groups is 1. The molecule has 0 aromatic heterocycles. The van der Waals surface area contributed by atoms with Gasteiger partial charge in [-0.15, -0.1) is 0 Å². The molecule has 0 spiro atoms. The summed E-state index contributed by atoms with van der Waals surface area (Å²) in [5.74, 6) is -1.72. The Bertz CT molecular complexity index is 697. The van der Waals surface area contributed by atoms with Crippen LogP contribution in [0.2, 0.25) is 0 Å². The Labute approximate surface area is 158 Å². The Morgan fingerprint density at radius 2 is 1.59 bits per heavy atom. The first-order valence-electron chi connectivity index (χ1n) is 8.79. The third-order valence-electron chi connectivity index (χ3n) is 4.37. The van der Waals surface area contributed by atoms with E-state index in [0.29, 0.717) is 24.1 Å².